The Morgan fingerprint density at radius 1 is 1.36 bits per heavy atom. The summed E-state index contributed by atoms with van der Waals surface area (Å²) in [5, 5.41) is 1.17. The molecule has 0 spiro atoms. The van der Waals surface area contributed by atoms with Crippen molar-refractivity contribution in [3.05, 3.63) is 29.8 Å². The molecule has 0 saturated carbocycles. The van der Waals surface area contributed by atoms with Crippen LogP contribution in [-0.2, 0) is 10.3 Å². The molecule has 5 heteroatoms. The van der Waals surface area contributed by atoms with Gasteiger partial charge < -0.3 is 0 Å². The lowest BCUT2D eigenvalue weighted by Crippen LogP contribution is -2.42. The second-order valence-electron chi connectivity index (χ2n) is 6.52. The number of aliphatic imine (C=N–C) groups is 1. The Kier molecular flexibility index (Phi) is 5.36. The second kappa shape index (κ2) is 6.73. The van der Waals surface area contributed by atoms with Gasteiger partial charge in [0.1, 0.15) is 5.78 Å². The summed E-state index contributed by atoms with van der Waals surface area (Å²) >= 11 is 1.78. The number of rotatable bonds is 2. The Balaban J connectivity index is 0.00000176. The van der Waals surface area contributed by atoms with Crippen molar-refractivity contribution in [2.45, 2.75) is 37.6 Å². The van der Waals surface area contributed by atoms with Gasteiger partial charge in [-0.2, -0.15) is 0 Å². The van der Waals surface area contributed by atoms with Gasteiger partial charge in [0.05, 0.1) is 10.6 Å². The molecule has 1 saturated heterocycles. The minimum atomic E-state index is -0.158. The normalized spacial score (nSPS) is 24.2. The number of Topliss-reactive ketones (excluding diaryl/α,β-unsaturated/α-hetero) is 1. The Morgan fingerprint density at radius 3 is 2.82 bits per heavy atom. The molecule has 0 N–H and O–H groups in total. The number of halogens is 1. The molecule has 2 aliphatic heterocycles. The standard InChI is InChI=1S/C17H22N2OS.ClH/c1-12-10-19(9-8-14(12)20)11-16-18-17(2,3)13-6-4-5-7-15(13)21-16;/h4-7,12H,8-11H2,1-3H3;1H. The lowest BCUT2D eigenvalue weighted by atomic mass is 9.95. The number of nitrogens with zero attached hydrogens (tertiary/aromatic N) is 2. The van der Waals surface area contributed by atoms with E-state index in [-0.39, 0.29) is 23.9 Å². The average Bonchev–Trinajstić information content (AvgIpc) is 2.42. The predicted octanol–water partition coefficient (Wildman–Crippen LogP) is 3.76. The molecule has 120 valence electrons. The van der Waals surface area contributed by atoms with Gasteiger partial charge >= 0.3 is 0 Å². The van der Waals surface area contributed by atoms with E-state index in [2.05, 4.69) is 43.0 Å². The SMILES string of the molecule is CC1CN(CC2=NC(C)(C)c3ccccc3S2)CCC1=O.Cl. The number of fused-ring (bicyclic) bond motifs is 1. The summed E-state index contributed by atoms with van der Waals surface area (Å²) in [5.74, 6) is 0.559. The van der Waals surface area contributed by atoms with Crippen LogP contribution in [0.4, 0.5) is 0 Å². The number of benzene rings is 1. The second-order valence-corrected chi connectivity index (χ2v) is 7.63. The van der Waals surface area contributed by atoms with Gasteiger partial charge in [0.25, 0.3) is 0 Å². The molecule has 0 amide bonds. The van der Waals surface area contributed by atoms with Crippen molar-refractivity contribution in [3.8, 4) is 0 Å². The van der Waals surface area contributed by atoms with Gasteiger partial charge in [0.15, 0.2) is 0 Å². The van der Waals surface area contributed by atoms with E-state index in [1.807, 2.05) is 6.92 Å². The van der Waals surface area contributed by atoms with Crippen LogP contribution >= 0.6 is 24.2 Å². The fourth-order valence-electron chi connectivity index (χ4n) is 3.08. The van der Waals surface area contributed by atoms with Crippen molar-refractivity contribution >= 4 is 35.0 Å². The van der Waals surface area contributed by atoms with Crippen molar-refractivity contribution in [2.24, 2.45) is 10.9 Å². The molecule has 2 aliphatic rings. The third kappa shape index (κ3) is 3.55. The molecule has 1 fully saturated rings. The highest BCUT2D eigenvalue weighted by molar-refractivity contribution is 8.14. The first-order valence-corrected chi connectivity index (χ1v) is 8.38. The van der Waals surface area contributed by atoms with Crippen molar-refractivity contribution in [1.82, 2.24) is 4.90 Å². The number of carbonyl (C=O) groups excluding carboxylic acids is 1. The summed E-state index contributed by atoms with van der Waals surface area (Å²) in [5.41, 5.74) is 1.15. The fraction of sp³-hybridized carbons (Fsp3) is 0.529. The number of carbonyl (C=O) groups is 1. The van der Waals surface area contributed by atoms with Crippen LogP contribution in [0.5, 0.6) is 0 Å². The monoisotopic (exact) mass is 338 g/mol. The van der Waals surface area contributed by atoms with Gasteiger partial charge in [-0.05, 0) is 25.5 Å². The van der Waals surface area contributed by atoms with Crippen LogP contribution in [0, 0.1) is 5.92 Å². The molecule has 0 bridgehead atoms. The van der Waals surface area contributed by atoms with Gasteiger partial charge in [0.2, 0.25) is 0 Å². The van der Waals surface area contributed by atoms with Gasteiger partial charge in [-0.1, -0.05) is 36.9 Å². The first-order chi connectivity index (χ1) is 9.95. The molecule has 2 heterocycles. The largest absolute Gasteiger partial charge is 0.299 e. The summed E-state index contributed by atoms with van der Waals surface area (Å²) < 4.78 is 0. The number of ketones is 1. The highest BCUT2D eigenvalue weighted by Gasteiger charge is 2.30. The summed E-state index contributed by atoms with van der Waals surface area (Å²) in [6.07, 6.45) is 0.680. The van der Waals surface area contributed by atoms with Crippen molar-refractivity contribution in [2.75, 3.05) is 19.6 Å². The van der Waals surface area contributed by atoms with Crippen LogP contribution in [0.1, 0.15) is 32.8 Å². The molecule has 1 aromatic rings. The smallest absolute Gasteiger partial charge is 0.138 e. The lowest BCUT2D eigenvalue weighted by Gasteiger charge is -2.34. The van der Waals surface area contributed by atoms with Crippen LogP contribution in [0.3, 0.4) is 0 Å². The summed E-state index contributed by atoms with van der Waals surface area (Å²) in [6.45, 7) is 8.97. The molecule has 1 aromatic carbocycles. The summed E-state index contributed by atoms with van der Waals surface area (Å²) in [7, 11) is 0. The number of piperidine rings is 1. The Bertz CT molecular complexity index is 600. The van der Waals surface area contributed by atoms with Crippen molar-refractivity contribution in [1.29, 1.82) is 0 Å². The van der Waals surface area contributed by atoms with Gasteiger partial charge in [-0.15, -0.1) is 12.4 Å². The molecular formula is C17H23ClN2OS. The van der Waals surface area contributed by atoms with Crippen LogP contribution in [0.2, 0.25) is 0 Å². The topological polar surface area (TPSA) is 32.7 Å². The highest BCUT2D eigenvalue weighted by atomic mass is 35.5. The molecule has 22 heavy (non-hydrogen) atoms. The first kappa shape index (κ1) is 17.5. The van der Waals surface area contributed by atoms with E-state index in [4.69, 9.17) is 4.99 Å². The maximum absolute atomic E-state index is 11.6. The molecular weight excluding hydrogens is 316 g/mol. The van der Waals surface area contributed by atoms with Gasteiger partial charge in [-0.3, -0.25) is 14.7 Å². The third-order valence-electron chi connectivity index (χ3n) is 4.29. The quantitative estimate of drug-likeness (QED) is 0.823. The van der Waals surface area contributed by atoms with Crippen LogP contribution in [0.25, 0.3) is 0 Å². The van der Waals surface area contributed by atoms with Gasteiger partial charge in [0, 0.05) is 36.9 Å². The molecule has 3 rings (SSSR count). The van der Waals surface area contributed by atoms with Crippen LogP contribution < -0.4 is 0 Å². The van der Waals surface area contributed by atoms with Gasteiger partial charge in [-0.25, -0.2) is 0 Å². The number of hydrogen-bond donors (Lipinski definition) is 0. The zero-order valence-corrected chi connectivity index (χ0v) is 15.0. The van der Waals surface area contributed by atoms with E-state index >= 15 is 0 Å². The fourth-order valence-corrected chi connectivity index (χ4v) is 4.43. The zero-order valence-electron chi connectivity index (χ0n) is 13.3. The maximum atomic E-state index is 11.6. The lowest BCUT2D eigenvalue weighted by molar-refractivity contribution is -0.125. The Labute approximate surface area is 143 Å². The van der Waals surface area contributed by atoms with Crippen LogP contribution in [0.15, 0.2) is 34.2 Å². The highest BCUT2D eigenvalue weighted by Crippen LogP contribution is 2.39. The molecule has 0 radical (unpaired) electrons. The van der Waals surface area contributed by atoms with E-state index in [9.17, 15) is 4.79 Å². The Morgan fingerprint density at radius 2 is 2.09 bits per heavy atom. The first-order valence-electron chi connectivity index (χ1n) is 7.57. The van der Waals surface area contributed by atoms with E-state index in [1.165, 1.54) is 15.5 Å². The van der Waals surface area contributed by atoms with Crippen molar-refractivity contribution in [3.63, 3.8) is 0 Å². The maximum Gasteiger partial charge on any atom is 0.138 e. The number of likely N-dealkylation sites (tertiary alicyclic amines) is 1. The number of thioether (sulfide) groups is 1. The van der Waals surface area contributed by atoms with E-state index in [0.717, 1.165) is 19.6 Å². The molecule has 0 aliphatic carbocycles. The molecule has 0 aromatic heterocycles. The number of hydrogen-bond acceptors (Lipinski definition) is 4. The van der Waals surface area contributed by atoms with E-state index in [1.54, 1.807) is 11.8 Å². The third-order valence-corrected chi connectivity index (χ3v) is 5.33. The molecule has 1 unspecified atom stereocenters. The van der Waals surface area contributed by atoms with E-state index in [0.29, 0.717) is 12.2 Å². The zero-order chi connectivity index (χ0) is 15.0. The average molecular weight is 339 g/mol. The minimum Gasteiger partial charge on any atom is -0.299 e. The Hall–Kier alpha value is -0.840. The summed E-state index contributed by atoms with van der Waals surface area (Å²) in [6, 6.07) is 8.52. The minimum absolute atomic E-state index is 0. The predicted molar refractivity (Wildman–Crippen MR) is 95.2 cm³/mol. The van der Waals surface area contributed by atoms with E-state index < -0.39 is 0 Å². The molecule has 1 atom stereocenters. The van der Waals surface area contributed by atoms with Crippen molar-refractivity contribution < 1.29 is 4.79 Å². The summed E-state index contributed by atoms with van der Waals surface area (Å²) in [4.78, 5) is 20.3. The van der Waals surface area contributed by atoms with Crippen LogP contribution in [-0.4, -0.2) is 35.4 Å². The molecule has 3 nitrogen and oxygen atoms in total.